The van der Waals surface area contributed by atoms with E-state index in [0.29, 0.717) is 16.4 Å². The third-order valence-electron chi connectivity index (χ3n) is 4.48. The molecule has 5 rings (SSSR count). The first kappa shape index (κ1) is 16.5. The predicted octanol–water partition coefficient (Wildman–Crippen LogP) is 1.56. The molecule has 1 fully saturated rings. The molecule has 27 heavy (non-hydrogen) atoms. The number of ether oxygens (including phenoxy) is 2. The van der Waals surface area contributed by atoms with Gasteiger partial charge in [-0.2, -0.15) is 4.98 Å². The third-order valence-corrected chi connectivity index (χ3v) is 4.73. The van der Waals surface area contributed by atoms with Crippen LogP contribution in [-0.2, 0) is 9.47 Å². The van der Waals surface area contributed by atoms with Crippen molar-refractivity contribution in [3.63, 3.8) is 0 Å². The van der Waals surface area contributed by atoms with Crippen LogP contribution in [0.5, 0.6) is 0 Å². The van der Waals surface area contributed by atoms with Gasteiger partial charge < -0.3 is 19.6 Å². The zero-order valence-corrected chi connectivity index (χ0v) is 14.6. The number of aromatic amines is 1. The molecule has 10 heteroatoms. The minimum atomic E-state index is -0.695. The van der Waals surface area contributed by atoms with Crippen LogP contribution in [0.3, 0.4) is 0 Å². The lowest BCUT2D eigenvalue weighted by atomic mass is 10.2. The molecule has 1 aliphatic heterocycles. The van der Waals surface area contributed by atoms with E-state index in [-0.39, 0.29) is 24.3 Å². The second kappa shape index (κ2) is 6.17. The van der Waals surface area contributed by atoms with Crippen LogP contribution in [0, 0.1) is 0 Å². The first-order valence-electron chi connectivity index (χ1n) is 8.26. The third kappa shape index (κ3) is 2.63. The molecule has 0 bridgehead atoms. The van der Waals surface area contributed by atoms with Gasteiger partial charge in [-0.3, -0.25) is 9.36 Å². The van der Waals surface area contributed by atoms with Crippen LogP contribution in [0.15, 0.2) is 41.6 Å². The number of aliphatic hydroxyl groups is 1. The van der Waals surface area contributed by atoms with Crippen LogP contribution in [-0.4, -0.2) is 48.5 Å². The number of benzene rings is 1. The van der Waals surface area contributed by atoms with Gasteiger partial charge in [0, 0.05) is 11.2 Å². The Balaban J connectivity index is 1.63. The van der Waals surface area contributed by atoms with E-state index in [9.17, 15) is 4.79 Å². The number of hydrogen-bond donors (Lipinski definition) is 2. The molecule has 3 aromatic heterocycles. The van der Waals surface area contributed by atoms with Crippen molar-refractivity contribution in [2.24, 2.45) is 0 Å². The number of imidazole rings is 2. The normalized spacial score (nSPS) is 20.1. The van der Waals surface area contributed by atoms with Gasteiger partial charge in [-0.15, -0.1) is 0 Å². The minimum Gasteiger partial charge on any atom is -0.391 e. The summed E-state index contributed by atoms with van der Waals surface area (Å²) in [7, 11) is 0. The largest absolute Gasteiger partial charge is 0.391 e. The Bertz CT molecular complexity index is 1200. The maximum Gasteiger partial charge on any atom is 0.287 e. The Morgan fingerprint density at radius 2 is 2.15 bits per heavy atom. The number of aliphatic hydroxyl groups excluding tert-OH is 1. The summed E-state index contributed by atoms with van der Waals surface area (Å²) in [6.07, 6.45) is 1.97. The molecule has 1 aliphatic rings. The molecule has 9 nitrogen and oxygen atoms in total. The van der Waals surface area contributed by atoms with Crippen LogP contribution in [0.25, 0.3) is 28.2 Å². The van der Waals surface area contributed by atoms with Crippen molar-refractivity contribution in [3.8, 4) is 11.3 Å². The molecule has 0 unspecified atom stereocenters. The Morgan fingerprint density at radius 3 is 2.89 bits per heavy atom. The van der Waals surface area contributed by atoms with Crippen LogP contribution >= 0.6 is 11.6 Å². The molecule has 0 radical (unpaired) electrons. The van der Waals surface area contributed by atoms with Gasteiger partial charge in [0.25, 0.3) is 5.56 Å². The van der Waals surface area contributed by atoms with Crippen LogP contribution in [0.2, 0.25) is 5.02 Å². The highest BCUT2D eigenvalue weighted by molar-refractivity contribution is 6.30. The summed E-state index contributed by atoms with van der Waals surface area (Å²) in [6, 6.07) is 7.27. The fourth-order valence-electron chi connectivity index (χ4n) is 3.14. The van der Waals surface area contributed by atoms with Crippen molar-refractivity contribution in [1.82, 2.24) is 23.9 Å². The summed E-state index contributed by atoms with van der Waals surface area (Å²) in [5, 5.41) is 9.78. The molecule has 138 valence electrons. The van der Waals surface area contributed by atoms with Crippen molar-refractivity contribution >= 4 is 28.5 Å². The van der Waals surface area contributed by atoms with Gasteiger partial charge in [-0.25, -0.2) is 9.38 Å². The molecule has 2 atom stereocenters. The number of fused-ring (bicyclic) bond motifs is 2. The van der Waals surface area contributed by atoms with Crippen molar-refractivity contribution in [2.75, 3.05) is 13.2 Å². The number of nitrogens with zero attached hydrogens (tertiary/aromatic N) is 4. The van der Waals surface area contributed by atoms with E-state index in [4.69, 9.17) is 26.2 Å². The van der Waals surface area contributed by atoms with Crippen molar-refractivity contribution in [1.29, 1.82) is 0 Å². The van der Waals surface area contributed by atoms with E-state index in [1.807, 2.05) is 12.1 Å². The number of hydrogen-bond acceptors (Lipinski definition) is 6. The first-order chi connectivity index (χ1) is 13.1. The zero-order valence-electron chi connectivity index (χ0n) is 13.9. The van der Waals surface area contributed by atoms with Gasteiger partial charge >= 0.3 is 0 Å². The smallest absolute Gasteiger partial charge is 0.287 e. The molecule has 2 N–H and O–H groups in total. The van der Waals surface area contributed by atoms with E-state index in [0.717, 1.165) is 11.3 Å². The topological polar surface area (TPSA) is 107 Å². The summed E-state index contributed by atoms with van der Waals surface area (Å²) in [5.41, 5.74) is 1.93. The quantitative estimate of drug-likeness (QED) is 0.552. The fourth-order valence-corrected chi connectivity index (χ4v) is 3.27. The Kier molecular flexibility index (Phi) is 3.76. The predicted molar refractivity (Wildman–Crippen MR) is 96.5 cm³/mol. The number of halogens is 1. The van der Waals surface area contributed by atoms with Gasteiger partial charge in [0.2, 0.25) is 5.78 Å². The average Bonchev–Trinajstić information content (AvgIpc) is 3.40. The minimum absolute atomic E-state index is 0.227. The number of rotatable bonds is 3. The molecule has 1 aromatic carbocycles. The summed E-state index contributed by atoms with van der Waals surface area (Å²) in [4.78, 5) is 24.7. The maximum atomic E-state index is 12.8. The SMILES string of the molecule is O=c1c2ncn([C@H]3CO[C@@H](CO)O3)c2nc2[nH]c(-c3ccc(Cl)cc3)cn12. The van der Waals surface area contributed by atoms with Crippen molar-refractivity contribution < 1.29 is 14.6 Å². The van der Waals surface area contributed by atoms with Crippen molar-refractivity contribution in [2.45, 2.75) is 12.5 Å². The summed E-state index contributed by atoms with van der Waals surface area (Å²) >= 11 is 5.93. The Hall–Kier alpha value is -2.72. The zero-order chi connectivity index (χ0) is 18.5. The molecule has 4 heterocycles. The van der Waals surface area contributed by atoms with Gasteiger partial charge in [0.15, 0.2) is 23.7 Å². The monoisotopic (exact) mass is 387 g/mol. The second-order valence-electron chi connectivity index (χ2n) is 6.15. The van der Waals surface area contributed by atoms with Crippen LogP contribution in [0.4, 0.5) is 0 Å². The molecule has 0 saturated carbocycles. The molecule has 4 aromatic rings. The molecule has 0 spiro atoms. The number of nitrogens with one attached hydrogen (secondary N) is 1. The van der Waals surface area contributed by atoms with E-state index < -0.39 is 12.5 Å². The second-order valence-corrected chi connectivity index (χ2v) is 6.58. The van der Waals surface area contributed by atoms with Crippen LogP contribution in [0.1, 0.15) is 6.23 Å². The van der Waals surface area contributed by atoms with E-state index in [2.05, 4.69) is 15.0 Å². The van der Waals surface area contributed by atoms with E-state index in [1.165, 1.54) is 10.7 Å². The van der Waals surface area contributed by atoms with Gasteiger partial charge in [0.05, 0.1) is 25.2 Å². The highest BCUT2D eigenvalue weighted by Crippen LogP contribution is 2.25. The first-order valence-corrected chi connectivity index (χ1v) is 8.63. The summed E-state index contributed by atoms with van der Waals surface area (Å²) in [6.45, 7) is -0.0109. The Morgan fingerprint density at radius 1 is 1.33 bits per heavy atom. The maximum absolute atomic E-state index is 12.8. The number of H-pyrrole nitrogens is 1. The van der Waals surface area contributed by atoms with Gasteiger partial charge in [-0.1, -0.05) is 23.7 Å². The molecule has 0 aliphatic carbocycles. The molecular weight excluding hydrogens is 374 g/mol. The van der Waals surface area contributed by atoms with E-state index >= 15 is 0 Å². The van der Waals surface area contributed by atoms with Gasteiger partial charge in [-0.05, 0) is 17.7 Å². The molecule has 1 saturated heterocycles. The highest BCUT2D eigenvalue weighted by atomic mass is 35.5. The summed E-state index contributed by atoms with van der Waals surface area (Å²) in [5.74, 6) is 0.386. The summed E-state index contributed by atoms with van der Waals surface area (Å²) < 4.78 is 14.0. The van der Waals surface area contributed by atoms with E-state index in [1.54, 1.807) is 22.9 Å². The lowest BCUT2D eigenvalue weighted by Crippen LogP contribution is -2.17. The number of aromatic nitrogens is 5. The standard InChI is InChI=1S/C17H14ClN5O4/c18-10-3-1-9(2-4-10)11-5-22-16(25)14-15(21-17(22)20-11)23(8-19-14)12-7-26-13(6-24)27-12/h1-5,8,12-13,24H,6-7H2,(H,20,21)/t12-,13-/m1/s1. The van der Waals surface area contributed by atoms with Crippen LogP contribution < -0.4 is 5.56 Å². The van der Waals surface area contributed by atoms with Gasteiger partial charge in [0.1, 0.15) is 0 Å². The lowest BCUT2D eigenvalue weighted by Gasteiger charge is -2.11. The molecule has 0 amide bonds. The fraction of sp³-hybridized carbons (Fsp3) is 0.235. The highest BCUT2D eigenvalue weighted by Gasteiger charge is 2.29. The lowest BCUT2D eigenvalue weighted by molar-refractivity contribution is -0.0980. The van der Waals surface area contributed by atoms with Crippen molar-refractivity contribution in [3.05, 3.63) is 52.2 Å². The average molecular weight is 388 g/mol. The molecular formula is C17H14ClN5O4. The Labute approximate surface area is 156 Å².